The number of anilines is 2. The van der Waals surface area contributed by atoms with Gasteiger partial charge in [0.05, 0.1) is 23.3 Å². The highest BCUT2D eigenvalue weighted by atomic mass is 19.4. The molecule has 4 aromatic rings. The van der Waals surface area contributed by atoms with Crippen molar-refractivity contribution in [3.05, 3.63) is 71.9 Å². The zero-order valence-corrected chi connectivity index (χ0v) is 16.2. The second-order valence-corrected chi connectivity index (χ2v) is 6.79. The molecule has 0 amide bonds. The number of halogens is 4. The number of hydrogen-bond donors (Lipinski definition) is 3. The molecule has 7 nitrogen and oxygen atoms in total. The van der Waals surface area contributed by atoms with Crippen LogP contribution in [0.3, 0.4) is 0 Å². The Kier molecular flexibility index (Phi) is 5.68. The quantitative estimate of drug-likeness (QED) is 0.399. The summed E-state index contributed by atoms with van der Waals surface area (Å²) in [6, 6.07) is 8.60. The Hall–Kier alpha value is -3.70. The molecule has 3 heterocycles. The van der Waals surface area contributed by atoms with E-state index in [1.807, 2.05) is 0 Å². The minimum Gasteiger partial charge on any atom is -0.393 e. The third-order valence-corrected chi connectivity index (χ3v) is 4.63. The lowest BCUT2D eigenvalue weighted by Crippen LogP contribution is -2.05. The van der Waals surface area contributed by atoms with Crippen LogP contribution in [0.15, 0.2) is 55.0 Å². The van der Waals surface area contributed by atoms with E-state index < -0.39 is 30.3 Å². The van der Waals surface area contributed by atoms with Crippen LogP contribution in [-0.2, 0) is 6.18 Å². The normalized spacial score (nSPS) is 12.7. The molecule has 0 bridgehead atoms. The molecule has 0 spiro atoms. The molecule has 0 aliphatic heterocycles. The van der Waals surface area contributed by atoms with Crippen molar-refractivity contribution in [2.45, 2.75) is 12.3 Å². The molecule has 3 N–H and O–H groups in total. The van der Waals surface area contributed by atoms with E-state index in [9.17, 15) is 22.7 Å². The topological polar surface area (TPSA) is 104 Å². The number of alkyl halides is 3. The standard InChI is InChI=1S/C21H15F4N5O2/c22-15-7-11(17(32)9-31)8-26-18(15)16-6-5-14-19(27-10-28-20(14)30-16)29-13-3-1-12(2-4-13)21(23,24)25/h1-8,10,17,31-32H,9H2,(H,27,28,29,30)/t17-/m0/s1. The molecule has 164 valence electrons. The average Bonchev–Trinajstić information content (AvgIpc) is 2.78. The summed E-state index contributed by atoms with van der Waals surface area (Å²) in [5.41, 5.74) is 0.0603. The molecule has 0 radical (unpaired) electrons. The zero-order valence-electron chi connectivity index (χ0n) is 16.2. The van der Waals surface area contributed by atoms with Gasteiger partial charge in [-0.15, -0.1) is 0 Å². The maximum atomic E-state index is 14.5. The first-order chi connectivity index (χ1) is 15.3. The van der Waals surface area contributed by atoms with Gasteiger partial charge in [-0.05, 0) is 42.5 Å². The van der Waals surface area contributed by atoms with Crippen LogP contribution in [0.2, 0.25) is 0 Å². The summed E-state index contributed by atoms with van der Waals surface area (Å²) in [4.78, 5) is 16.5. The highest BCUT2D eigenvalue weighted by molar-refractivity contribution is 5.89. The molecule has 0 saturated heterocycles. The monoisotopic (exact) mass is 445 g/mol. The summed E-state index contributed by atoms with van der Waals surface area (Å²) in [5.74, 6) is -0.428. The highest BCUT2D eigenvalue weighted by Crippen LogP contribution is 2.31. The van der Waals surface area contributed by atoms with Gasteiger partial charge in [0.15, 0.2) is 11.5 Å². The van der Waals surface area contributed by atoms with Crippen LogP contribution in [0.25, 0.3) is 22.4 Å². The minimum atomic E-state index is -4.43. The molecule has 1 aromatic carbocycles. The van der Waals surface area contributed by atoms with Crippen molar-refractivity contribution >= 4 is 22.5 Å². The van der Waals surface area contributed by atoms with E-state index in [4.69, 9.17) is 5.11 Å². The van der Waals surface area contributed by atoms with Crippen LogP contribution in [0.1, 0.15) is 17.2 Å². The molecule has 0 aliphatic rings. The molecule has 4 rings (SSSR count). The minimum absolute atomic E-state index is 0.0725. The first-order valence-corrected chi connectivity index (χ1v) is 9.27. The van der Waals surface area contributed by atoms with E-state index in [2.05, 4.69) is 25.3 Å². The second-order valence-electron chi connectivity index (χ2n) is 6.79. The van der Waals surface area contributed by atoms with E-state index in [0.29, 0.717) is 16.9 Å². The van der Waals surface area contributed by atoms with Gasteiger partial charge in [-0.2, -0.15) is 13.2 Å². The van der Waals surface area contributed by atoms with Gasteiger partial charge in [-0.3, -0.25) is 4.98 Å². The molecule has 32 heavy (non-hydrogen) atoms. The van der Waals surface area contributed by atoms with Crippen molar-refractivity contribution in [1.82, 2.24) is 19.9 Å². The lowest BCUT2D eigenvalue weighted by molar-refractivity contribution is -0.137. The van der Waals surface area contributed by atoms with E-state index in [-0.39, 0.29) is 22.6 Å². The maximum Gasteiger partial charge on any atom is 0.416 e. The van der Waals surface area contributed by atoms with Crippen LogP contribution in [0.5, 0.6) is 0 Å². The van der Waals surface area contributed by atoms with E-state index in [1.165, 1.54) is 30.7 Å². The van der Waals surface area contributed by atoms with Gasteiger partial charge in [-0.1, -0.05) is 0 Å². The van der Waals surface area contributed by atoms with Crippen molar-refractivity contribution in [1.29, 1.82) is 0 Å². The number of pyridine rings is 2. The molecule has 1 atom stereocenters. The van der Waals surface area contributed by atoms with Gasteiger partial charge in [0, 0.05) is 17.4 Å². The van der Waals surface area contributed by atoms with E-state index in [0.717, 1.165) is 18.2 Å². The molecular weight excluding hydrogens is 430 g/mol. The molecule has 0 saturated carbocycles. The SMILES string of the molecule is OC[C@H](O)c1cnc(-c2ccc3c(Nc4ccc(C(F)(F)F)cc4)ncnc3n2)c(F)c1. The van der Waals surface area contributed by atoms with Gasteiger partial charge >= 0.3 is 6.18 Å². The summed E-state index contributed by atoms with van der Waals surface area (Å²) in [7, 11) is 0. The maximum absolute atomic E-state index is 14.5. The van der Waals surface area contributed by atoms with Gasteiger partial charge in [0.25, 0.3) is 0 Å². The number of hydrogen-bond acceptors (Lipinski definition) is 7. The second kappa shape index (κ2) is 8.44. The third-order valence-electron chi connectivity index (χ3n) is 4.63. The number of benzene rings is 1. The number of aliphatic hydroxyl groups excluding tert-OH is 2. The molecule has 0 fully saturated rings. The Labute approximate surface area is 178 Å². The van der Waals surface area contributed by atoms with Crippen molar-refractivity contribution < 1.29 is 27.8 Å². The predicted octanol–water partition coefficient (Wildman–Crippen LogP) is 4.01. The average molecular weight is 445 g/mol. The van der Waals surface area contributed by atoms with Crippen molar-refractivity contribution in [2.24, 2.45) is 0 Å². The van der Waals surface area contributed by atoms with Crippen LogP contribution in [0.4, 0.5) is 29.1 Å². The van der Waals surface area contributed by atoms with E-state index in [1.54, 1.807) is 6.07 Å². The number of nitrogens with zero attached hydrogens (tertiary/aromatic N) is 4. The number of aliphatic hydroxyl groups is 2. The first-order valence-electron chi connectivity index (χ1n) is 9.27. The fraction of sp³-hybridized carbons (Fsp3) is 0.143. The summed E-state index contributed by atoms with van der Waals surface area (Å²) < 4.78 is 52.7. The van der Waals surface area contributed by atoms with Crippen molar-refractivity contribution in [2.75, 3.05) is 11.9 Å². The lowest BCUT2D eigenvalue weighted by Gasteiger charge is -2.11. The Morgan fingerprint density at radius 1 is 1.00 bits per heavy atom. The van der Waals surface area contributed by atoms with Crippen LogP contribution >= 0.6 is 0 Å². The van der Waals surface area contributed by atoms with Crippen molar-refractivity contribution in [3.8, 4) is 11.4 Å². The summed E-state index contributed by atoms with van der Waals surface area (Å²) in [6.07, 6.45) is -3.22. The Morgan fingerprint density at radius 3 is 2.41 bits per heavy atom. The Balaban J connectivity index is 1.64. The Morgan fingerprint density at radius 2 is 1.75 bits per heavy atom. The summed E-state index contributed by atoms with van der Waals surface area (Å²) in [6.45, 7) is -0.569. The fourth-order valence-electron chi connectivity index (χ4n) is 2.98. The van der Waals surface area contributed by atoms with Crippen LogP contribution in [-0.4, -0.2) is 36.8 Å². The highest BCUT2D eigenvalue weighted by Gasteiger charge is 2.30. The van der Waals surface area contributed by atoms with E-state index >= 15 is 0 Å². The largest absolute Gasteiger partial charge is 0.416 e. The number of nitrogens with one attached hydrogen (secondary N) is 1. The third kappa shape index (κ3) is 4.34. The predicted molar refractivity (Wildman–Crippen MR) is 107 cm³/mol. The van der Waals surface area contributed by atoms with Gasteiger partial charge < -0.3 is 15.5 Å². The fourth-order valence-corrected chi connectivity index (χ4v) is 2.98. The van der Waals surface area contributed by atoms with Crippen LogP contribution in [0, 0.1) is 5.82 Å². The molecule has 0 aliphatic carbocycles. The molecule has 0 unspecified atom stereocenters. The number of aromatic nitrogens is 4. The Bertz CT molecular complexity index is 1270. The van der Waals surface area contributed by atoms with Crippen LogP contribution < -0.4 is 5.32 Å². The van der Waals surface area contributed by atoms with Gasteiger partial charge in [0.1, 0.15) is 23.9 Å². The molecule has 3 aromatic heterocycles. The van der Waals surface area contributed by atoms with Crippen molar-refractivity contribution in [3.63, 3.8) is 0 Å². The number of rotatable bonds is 5. The summed E-state index contributed by atoms with van der Waals surface area (Å²) >= 11 is 0. The zero-order chi connectivity index (χ0) is 22.9. The molecular formula is C21H15F4N5O2. The van der Waals surface area contributed by atoms with Gasteiger partial charge in [-0.25, -0.2) is 19.3 Å². The van der Waals surface area contributed by atoms with Gasteiger partial charge in [0.2, 0.25) is 0 Å². The smallest absolute Gasteiger partial charge is 0.393 e. The first kappa shape index (κ1) is 21.5. The molecule has 11 heteroatoms. The lowest BCUT2D eigenvalue weighted by atomic mass is 10.1. The summed E-state index contributed by atoms with van der Waals surface area (Å²) in [5, 5.41) is 22.0. The number of fused-ring (bicyclic) bond motifs is 1.